The molecule has 126 valence electrons. The van der Waals surface area contributed by atoms with Crippen LogP contribution in [-0.2, 0) is 11.3 Å². The van der Waals surface area contributed by atoms with E-state index in [0.717, 1.165) is 39.0 Å². The highest BCUT2D eigenvalue weighted by molar-refractivity contribution is 5.16. The molecule has 0 saturated carbocycles. The highest BCUT2D eigenvalue weighted by atomic mass is 16.5. The Morgan fingerprint density at radius 3 is 2.35 bits per heavy atom. The summed E-state index contributed by atoms with van der Waals surface area (Å²) in [6.07, 6.45) is 6.57. The van der Waals surface area contributed by atoms with Crippen molar-refractivity contribution in [3.8, 4) is 0 Å². The molecular formula is C20H29NO2. The first-order valence-corrected chi connectivity index (χ1v) is 9.15. The summed E-state index contributed by atoms with van der Waals surface area (Å²) in [7, 11) is 0. The standard InChI is InChI=1S/C20H29NO2/c1-19(14-23-15-19)13-20(22)10-17-8-5-9-18(11-20)21(17)12-16-6-3-2-4-7-16/h2-4,6-7,17-18,22H,5,8-15H2,1H3. The monoisotopic (exact) mass is 315 g/mol. The van der Waals surface area contributed by atoms with Gasteiger partial charge >= 0.3 is 0 Å². The Kier molecular flexibility index (Phi) is 3.99. The number of piperidine rings is 2. The van der Waals surface area contributed by atoms with Gasteiger partial charge in [0, 0.05) is 24.0 Å². The topological polar surface area (TPSA) is 32.7 Å². The van der Waals surface area contributed by atoms with Gasteiger partial charge in [-0.05, 0) is 37.7 Å². The number of fused-ring (bicyclic) bond motifs is 2. The number of hydrogen-bond donors (Lipinski definition) is 1. The van der Waals surface area contributed by atoms with E-state index in [9.17, 15) is 5.11 Å². The molecule has 2 unspecified atom stereocenters. The zero-order valence-electron chi connectivity index (χ0n) is 14.2. The average molecular weight is 315 g/mol. The molecule has 2 bridgehead atoms. The van der Waals surface area contributed by atoms with Crippen LogP contribution in [0.1, 0.15) is 51.0 Å². The number of rotatable bonds is 4. The molecule has 3 saturated heterocycles. The normalized spacial score (nSPS) is 36.4. The fraction of sp³-hybridized carbons (Fsp3) is 0.700. The van der Waals surface area contributed by atoms with Crippen LogP contribution in [0.5, 0.6) is 0 Å². The fourth-order valence-corrected chi connectivity index (χ4v) is 5.16. The number of benzene rings is 1. The molecule has 4 rings (SSSR count). The van der Waals surface area contributed by atoms with Crippen molar-refractivity contribution < 1.29 is 9.84 Å². The van der Waals surface area contributed by atoms with Gasteiger partial charge in [-0.3, -0.25) is 4.90 Å². The molecule has 0 aromatic heterocycles. The Morgan fingerprint density at radius 1 is 1.13 bits per heavy atom. The van der Waals surface area contributed by atoms with Crippen LogP contribution in [-0.4, -0.2) is 40.9 Å². The maximum absolute atomic E-state index is 11.3. The summed E-state index contributed by atoms with van der Waals surface area (Å²) in [5, 5.41) is 11.3. The van der Waals surface area contributed by atoms with Crippen LogP contribution in [0.25, 0.3) is 0 Å². The zero-order valence-corrected chi connectivity index (χ0v) is 14.2. The Labute approximate surface area is 139 Å². The first kappa shape index (κ1) is 15.6. The predicted octanol–water partition coefficient (Wildman–Crippen LogP) is 3.36. The lowest BCUT2D eigenvalue weighted by Gasteiger charge is -2.54. The average Bonchev–Trinajstić information content (AvgIpc) is 2.48. The van der Waals surface area contributed by atoms with Gasteiger partial charge in [-0.2, -0.15) is 0 Å². The van der Waals surface area contributed by atoms with E-state index in [2.05, 4.69) is 42.2 Å². The van der Waals surface area contributed by atoms with Crippen molar-refractivity contribution in [2.75, 3.05) is 13.2 Å². The first-order valence-electron chi connectivity index (χ1n) is 9.15. The van der Waals surface area contributed by atoms with Crippen molar-refractivity contribution >= 4 is 0 Å². The van der Waals surface area contributed by atoms with Crippen LogP contribution in [0, 0.1) is 5.41 Å². The van der Waals surface area contributed by atoms with Crippen molar-refractivity contribution in [2.45, 2.75) is 69.7 Å². The summed E-state index contributed by atoms with van der Waals surface area (Å²) in [5.74, 6) is 0. The SMILES string of the molecule is CC1(CC2(O)CC3CCCC(C2)N3Cc2ccccc2)COC1. The molecule has 3 nitrogen and oxygen atoms in total. The molecule has 3 heterocycles. The molecule has 0 aliphatic carbocycles. The maximum atomic E-state index is 11.3. The van der Waals surface area contributed by atoms with E-state index in [-0.39, 0.29) is 5.41 Å². The van der Waals surface area contributed by atoms with Gasteiger partial charge in [-0.15, -0.1) is 0 Å². The second kappa shape index (κ2) is 5.87. The van der Waals surface area contributed by atoms with Crippen LogP contribution < -0.4 is 0 Å². The van der Waals surface area contributed by atoms with Crippen molar-refractivity contribution in [2.24, 2.45) is 5.41 Å². The molecular weight excluding hydrogens is 286 g/mol. The second-order valence-electron chi connectivity index (χ2n) is 8.51. The maximum Gasteiger partial charge on any atom is 0.0684 e. The van der Waals surface area contributed by atoms with Crippen molar-refractivity contribution in [3.05, 3.63) is 35.9 Å². The first-order chi connectivity index (χ1) is 11.1. The van der Waals surface area contributed by atoms with Crippen LogP contribution in [0.2, 0.25) is 0 Å². The van der Waals surface area contributed by atoms with Gasteiger partial charge in [0.2, 0.25) is 0 Å². The summed E-state index contributed by atoms with van der Waals surface area (Å²) in [6, 6.07) is 11.9. The third-order valence-corrected chi connectivity index (χ3v) is 6.11. The van der Waals surface area contributed by atoms with Gasteiger partial charge in [0.1, 0.15) is 0 Å². The highest BCUT2D eigenvalue weighted by Crippen LogP contribution is 2.46. The molecule has 3 aliphatic rings. The number of aliphatic hydroxyl groups is 1. The summed E-state index contributed by atoms with van der Waals surface area (Å²) in [5.41, 5.74) is 1.11. The van der Waals surface area contributed by atoms with Crippen molar-refractivity contribution in [1.29, 1.82) is 0 Å². The molecule has 1 aromatic carbocycles. The Bertz CT molecular complexity index is 526. The van der Waals surface area contributed by atoms with E-state index in [4.69, 9.17) is 4.74 Å². The second-order valence-corrected chi connectivity index (χ2v) is 8.51. The van der Waals surface area contributed by atoms with Gasteiger partial charge < -0.3 is 9.84 Å². The molecule has 3 aliphatic heterocycles. The quantitative estimate of drug-likeness (QED) is 0.925. The van der Waals surface area contributed by atoms with Gasteiger partial charge in [0.05, 0.1) is 18.8 Å². The number of hydrogen-bond acceptors (Lipinski definition) is 3. The summed E-state index contributed by atoms with van der Waals surface area (Å²) < 4.78 is 5.40. The summed E-state index contributed by atoms with van der Waals surface area (Å²) in [6.45, 7) is 4.93. The third-order valence-electron chi connectivity index (χ3n) is 6.11. The fourth-order valence-electron chi connectivity index (χ4n) is 5.16. The van der Waals surface area contributed by atoms with Crippen molar-refractivity contribution in [1.82, 2.24) is 4.90 Å². The van der Waals surface area contributed by atoms with Crippen molar-refractivity contribution in [3.63, 3.8) is 0 Å². The Balaban J connectivity index is 1.48. The molecule has 0 radical (unpaired) electrons. The lowest BCUT2D eigenvalue weighted by Crippen LogP contribution is -2.59. The molecule has 23 heavy (non-hydrogen) atoms. The molecule has 3 fully saturated rings. The smallest absolute Gasteiger partial charge is 0.0684 e. The molecule has 0 amide bonds. The lowest BCUT2D eigenvalue weighted by molar-refractivity contribution is -0.169. The summed E-state index contributed by atoms with van der Waals surface area (Å²) >= 11 is 0. The largest absolute Gasteiger partial charge is 0.390 e. The zero-order chi connectivity index (χ0) is 15.9. The predicted molar refractivity (Wildman–Crippen MR) is 91.1 cm³/mol. The summed E-state index contributed by atoms with van der Waals surface area (Å²) in [4.78, 5) is 2.67. The minimum absolute atomic E-state index is 0.199. The molecule has 1 N–H and O–H groups in total. The van der Waals surface area contributed by atoms with Crippen LogP contribution in [0.3, 0.4) is 0 Å². The van der Waals surface area contributed by atoms with E-state index >= 15 is 0 Å². The van der Waals surface area contributed by atoms with Gasteiger partial charge in [-0.1, -0.05) is 43.7 Å². The minimum Gasteiger partial charge on any atom is -0.390 e. The van der Waals surface area contributed by atoms with Gasteiger partial charge in [-0.25, -0.2) is 0 Å². The van der Waals surface area contributed by atoms with E-state index < -0.39 is 5.60 Å². The number of nitrogens with zero attached hydrogens (tertiary/aromatic N) is 1. The molecule has 3 heteroatoms. The lowest BCUT2D eigenvalue weighted by atomic mass is 9.68. The van der Waals surface area contributed by atoms with Gasteiger partial charge in [0.25, 0.3) is 0 Å². The Morgan fingerprint density at radius 2 is 1.78 bits per heavy atom. The number of ether oxygens (including phenoxy) is 1. The van der Waals surface area contributed by atoms with Crippen LogP contribution in [0.15, 0.2) is 30.3 Å². The van der Waals surface area contributed by atoms with E-state index in [1.165, 1.54) is 24.8 Å². The highest BCUT2D eigenvalue weighted by Gasteiger charge is 2.49. The minimum atomic E-state index is -0.485. The van der Waals surface area contributed by atoms with E-state index in [0.29, 0.717) is 12.1 Å². The molecule has 2 atom stereocenters. The Hall–Kier alpha value is -0.900. The van der Waals surface area contributed by atoms with Gasteiger partial charge in [0.15, 0.2) is 0 Å². The van der Waals surface area contributed by atoms with Crippen LogP contribution >= 0.6 is 0 Å². The van der Waals surface area contributed by atoms with E-state index in [1.54, 1.807) is 0 Å². The van der Waals surface area contributed by atoms with Crippen LogP contribution in [0.4, 0.5) is 0 Å². The third kappa shape index (κ3) is 3.19. The molecule has 1 aromatic rings. The molecule has 0 spiro atoms. The van der Waals surface area contributed by atoms with E-state index in [1.807, 2.05) is 0 Å².